The second-order valence-electron chi connectivity index (χ2n) is 5.89. The number of piperazine rings is 1. The van der Waals surface area contributed by atoms with Gasteiger partial charge in [0.25, 0.3) is 0 Å². The minimum absolute atomic E-state index is 0.302. The highest BCUT2D eigenvalue weighted by molar-refractivity contribution is 5.78. The third-order valence-electron chi connectivity index (χ3n) is 4.33. The molecule has 0 spiro atoms. The largest absolute Gasteiger partial charge is 0.342 e. The monoisotopic (exact) mass is 253 g/mol. The topological polar surface area (TPSA) is 35.6 Å². The molecule has 0 aromatic heterocycles. The number of likely N-dealkylation sites (N-methyl/N-ethyl adjacent to an activating group) is 1. The molecule has 0 aromatic rings. The summed E-state index contributed by atoms with van der Waals surface area (Å²) in [5.41, 5.74) is 0. The SMILES string of the molecule is C[C@H]1CN(CC(=O)N(C)C2CCCCC2)CCN1. The molecule has 1 N–H and O–H groups in total. The molecule has 1 atom stereocenters. The summed E-state index contributed by atoms with van der Waals surface area (Å²) in [6.45, 7) is 5.76. The van der Waals surface area contributed by atoms with E-state index in [4.69, 9.17) is 0 Å². The van der Waals surface area contributed by atoms with Crippen LogP contribution in [0.2, 0.25) is 0 Å². The van der Waals surface area contributed by atoms with E-state index in [-0.39, 0.29) is 0 Å². The molecule has 2 aliphatic rings. The first-order valence-electron chi connectivity index (χ1n) is 7.38. The van der Waals surface area contributed by atoms with Crippen molar-refractivity contribution >= 4 is 5.91 Å². The maximum absolute atomic E-state index is 12.3. The molecular formula is C14H27N3O. The van der Waals surface area contributed by atoms with Gasteiger partial charge in [0.1, 0.15) is 0 Å². The van der Waals surface area contributed by atoms with E-state index < -0.39 is 0 Å². The molecule has 4 nitrogen and oxygen atoms in total. The molecule has 104 valence electrons. The van der Waals surface area contributed by atoms with Crippen molar-refractivity contribution in [3.63, 3.8) is 0 Å². The van der Waals surface area contributed by atoms with Gasteiger partial charge in [-0.3, -0.25) is 9.69 Å². The number of rotatable bonds is 3. The van der Waals surface area contributed by atoms with Gasteiger partial charge in [0.2, 0.25) is 5.91 Å². The molecule has 0 bridgehead atoms. The number of carbonyl (C=O) groups excluding carboxylic acids is 1. The van der Waals surface area contributed by atoms with E-state index in [9.17, 15) is 4.79 Å². The summed E-state index contributed by atoms with van der Waals surface area (Å²) in [6, 6.07) is 0.998. The second kappa shape index (κ2) is 6.53. The zero-order chi connectivity index (χ0) is 13.0. The summed E-state index contributed by atoms with van der Waals surface area (Å²) in [4.78, 5) is 16.6. The van der Waals surface area contributed by atoms with Crippen LogP contribution in [0.1, 0.15) is 39.0 Å². The second-order valence-corrected chi connectivity index (χ2v) is 5.89. The van der Waals surface area contributed by atoms with Crippen molar-refractivity contribution in [1.82, 2.24) is 15.1 Å². The lowest BCUT2D eigenvalue weighted by atomic mass is 9.94. The highest BCUT2D eigenvalue weighted by atomic mass is 16.2. The van der Waals surface area contributed by atoms with Crippen LogP contribution in [0, 0.1) is 0 Å². The van der Waals surface area contributed by atoms with Crippen LogP contribution in [0.25, 0.3) is 0 Å². The van der Waals surface area contributed by atoms with Gasteiger partial charge in [0.15, 0.2) is 0 Å². The lowest BCUT2D eigenvalue weighted by molar-refractivity contribution is -0.134. The molecule has 1 saturated heterocycles. The Labute approximate surface area is 111 Å². The fourth-order valence-electron chi connectivity index (χ4n) is 3.13. The summed E-state index contributed by atoms with van der Waals surface area (Å²) in [7, 11) is 1.99. The molecule has 1 amide bonds. The Morgan fingerprint density at radius 1 is 1.33 bits per heavy atom. The van der Waals surface area contributed by atoms with Gasteiger partial charge in [0, 0.05) is 38.8 Å². The zero-order valence-corrected chi connectivity index (χ0v) is 11.8. The van der Waals surface area contributed by atoms with E-state index >= 15 is 0 Å². The fraction of sp³-hybridized carbons (Fsp3) is 0.929. The van der Waals surface area contributed by atoms with E-state index in [1.165, 1.54) is 32.1 Å². The molecule has 0 unspecified atom stereocenters. The summed E-state index contributed by atoms with van der Waals surface area (Å²) in [5.74, 6) is 0.302. The molecule has 0 aromatic carbocycles. The van der Waals surface area contributed by atoms with Gasteiger partial charge in [-0.25, -0.2) is 0 Å². The Bertz CT molecular complexity index is 276. The molecule has 18 heavy (non-hydrogen) atoms. The third-order valence-corrected chi connectivity index (χ3v) is 4.33. The van der Waals surface area contributed by atoms with Crippen molar-refractivity contribution in [1.29, 1.82) is 0 Å². The third kappa shape index (κ3) is 3.69. The predicted molar refractivity (Wildman–Crippen MR) is 73.5 cm³/mol. The molecule has 1 aliphatic carbocycles. The smallest absolute Gasteiger partial charge is 0.236 e. The predicted octanol–water partition coefficient (Wildman–Crippen LogP) is 1.07. The standard InChI is InChI=1S/C14H27N3O/c1-12-10-17(9-8-15-12)11-14(18)16(2)13-6-4-3-5-7-13/h12-13,15H,3-11H2,1-2H3/t12-/m0/s1. The van der Waals surface area contributed by atoms with Crippen molar-refractivity contribution in [2.45, 2.75) is 51.1 Å². The minimum Gasteiger partial charge on any atom is -0.342 e. The quantitative estimate of drug-likeness (QED) is 0.817. The molecule has 1 saturated carbocycles. The van der Waals surface area contributed by atoms with Gasteiger partial charge in [-0.1, -0.05) is 19.3 Å². The van der Waals surface area contributed by atoms with E-state index in [1.54, 1.807) is 0 Å². The van der Waals surface area contributed by atoms with Crippen LogP contribution in [0.15, 0.2) is 0 Å². The molecule has 1 heterocycles. The van der Waals surface area contributed by atoms with E-state index in [1.807, 2.05) is 11.9 Å². The van der Waals surface area contributed by atoms with Crippen molar-refractivity contribution in [2.24, 2.45) is 0 Å². The molecule has 2 rings (SSSR count). The lowest BCUT2D eigenvalue weighted by Gasteiger charge is -2.35. The average molecular weight is 253 g/mol. The molecule has 1 aliphatic heterocycles. The highest BCUT2D eigenvalue weighted by Crippen LogP contribution is 2.21. The summed E-state index contributed by atoms with van der Waals surface area (Å²) >= 11 is 0. The number of nitrogens with one attached hydrogen (secondary N) is 1. The first-order valence-corrected chi connectivity index (χ1v) is 7.38. The van der Waals surface area contributed by atoms with Gasteiger partial charge >= 0.3 is 0 Å². The number of carbonyl (C=O) groups is 1. The zero-order valence-electron chi connectivity index (χ0n) is 11.8. The van der Waals surface area contributed by atoms with Gasteiger partial charge < -0.3 is 10.2 Å². The number of hydrogen-bond donors (Lipinski definition) is 1. The molecule has 4 heteroatoms. The van der Waals surface area contributed by atoms with Crippen molar-refractivity contribution < 1.29 is 4.79 Å². The lowest BCUT2D eigenvalue weighted by Crippen LogP contribution is -2.53. The summed E-state index contributed by atoms with van der Waals surface area (Å²) < 4.78 is 0. The summed E-state index contributed by atoms with van der Waals surface area (Å²) in [6.07, 6.45) is 6.30. The van der Waals surface area contributed by atoms with Crippen LogP contribution >= 0.6 is 0 Å². The molecular weight excluding hydrogens is 226 g/mol. The molecule has 2 fully saturated rings. The van der Waals surface area contributed by atoms with Crippen LogP contribution in [0.4, 0.5) is 0 Å². The number of nitrogens with zero attached hydrogens (tertiary/aromatic N) is 2. The van der Waals surface area contributed by atoms with Gasteiger partial charge in [0.05, 0.1) is 6.54 Å². The van der Waals surface area contributed by atoms with E-state index in [0.717, 1.165) is 19.6 Å². The van der Waals surface area contributed by atoms with E-state index in [0.29, 0.717) is 24.5 Å². The fourth-order valence-corrected chi connectivity index (χ4v) is 3.13. The Hall–Kier alpha value is -0.610. The highest BCUT2D eigenvalue weighted by Gasteiger charge is 2.24. The Kier molecular flexibility index (Phi) is 5.01. The van der Waals surface area contributed by atoms with Crippen LogP contribution in [-0.2, 0) is 4.79 Å². The van der Waals surface area contributed by atoms with Gasteiger partial charge in [-0.2, -0.15) is 0 Å². The van der Waals surface area contributed by atoms with Crippen LogP contribution in [-0.4, -0.2) is 61.0 Å². The minimum atomic E-state index is 0.302. The van der Waals surface area contributed by atoms with Crippen molar-refractivity contribution in [3.8, 4) is 0 Å². The van der Waals surface area contributed by atoms with E-state index in [2.05, 4.69) is 17.1 Å². The molecule has 0 radical (unpaired) electrons. The van der Waals surface area contributed by atoms with Crippen LogP contribution in [0.3, 0.4) is 0 Å². The van der Waals surface area contributed by atoms with Crippen LogP contribution in [0.5, 0.6) is 0 Å². The van der Waals surface area contributed by atoms with Crippen molar-refractivity contribution in [2.75, 3.05) is 33.2 Å². The number of hydrogen-bond acceptors (Lipinski definition) is 3. The number of amides is 1. The normalized spacial score (nSPS) is 27.1. The first kappa shape index (κ1) is 13.8. The van der Waals surface area contributed by atoms with Gasteiger partial charge in [-0.05, 0) is 19.8 Å². The average Bonchev–Trinajstić information content (AvgIpc) is 2.39. The van der Waals surface area contributed by atoms with Crippen molar-refractivity contribution in [3.05, 3.63) is 0 Å². The Morgan fingerprint density at radius 3 is 2.72 bits per heavy atom. The Balaban J connectivity index is 1.79. The summed E-state index contributed by atoms with van der Waals surface area (Å²) in [5, 5.41) is 3.41. The van der Waals surface area contributed by atoms with Crippen LogP contribution < -0.4 is 5.32 Å². The maximum Gasteiger partial charge on any atom is 0.236 e. The van der Waals surface area contributed by atoms with Gasteiger partial charge in [-0.15, -0.1) is 0 Å². The first-order chi connectivity index (χ1) is 8.66. The maximum atomic E-state index is 12.3. The Morgan fingerprint density at radius 2 is 2.06 bits per heavy atom.